The minimum absolute atomic E-state index is 0.436. The zero-order valence-electron chi connectivity index (χ0n) is 12.1. The Kier molecular flexibility index (Phi) is 6.89. The van der Waals surface area contributed by atoms with E-state index in [4.69, 9.17) is 0 Å². The smallest absolute Gasteiger partial charge is 0.0314 e. The average Bonchev–Trinajstić information content (AvgIpc) is 2.62. The van der Waals surface area contributed by atoms with Gasteiger partial charge in [-0.2, -0.15) is 0 Å². The van der Waals surface area contributed by atoms with Gasteiger partial charge in [0, 0.05) is 14.2 Å². The first-order valence-corrected chi connectivity index (χ1v) is 8.51. The van der Waals surface area contributed by atoms with Crippen LogP contribution in [0.25, 0.3) is 0 Å². The lowest BCUT2D eigenvalue weighted by Crippen LogP contribution is -2.23. The van der Waals surface area contributed by atoms with Crippen LogP contribution in [0.2, 0.25) is 0 Å². The summed E-state index contributed by atoms with van der Waals surface area (Å²) in [6.07, 6.45) is 4.96. The number of nitrogens with one attached hydrogen (secondary N) is 1. The Morgan fingerprint density at radius 2 is 2.00 bits per heavy atom. The van der Waals surface area contributed by atoms with Gasteiger partial charge in [-0.1, -0.05) is 20.8 Å². The van der Waals surface area contributed by atoms with E-state index in [0.717, 1.165) is 13.1 Å². The van der Waals surface area contributed by atoms with Gasteiger partial charge >= 0.3 is 0 Å². The third-order valence-corrected chi connectivity index (χ3v) is 5.56. The number of hydrogen-bond donors (Lipinski definition) is 1. The molecular weight excluding hydrogens is 306 g/mol. The fourth-order valence-electron chi connectivity index (χ4n) is 1.96. The molecule has 0 aromatic carbocycles. The van der Waals surface area contributed by atoms with Crippen LogP contribution in [0.5, 0.6) is 0 Å². The van der Waals surface area contributed by atoms with Gasteiger partial charge in [-0.3, -0.25) is 0 Å². The summed E-state index contributed by atoms with van der Waals surface area (Å²) in [7, 11) is 0. The zero-order chi connectivity index (χ0) is 13.6. The van der Waals surface area contributed by atoms with E-state index in [-0.39, 0.29) is 0 Å². The molecule has 0 aliphatic rings. The lowest BCUT2D eigenvalue weighted by molar-refractivity contribution is 0.303. The second-order valence-electron chi connectivity index (χ2n) is 5.78. The first-order chi connectivity index (χ1) is 8.44. The highest BCUT2D eigenvalue weighted by atomic mass is 79.9. The van der Waals surface area contributed by atoms with E-state index in [1.165, 1.54) is 39.9 Å². The summed E-state index contributed by atoms with van der Waals surface area (Å²) in [4.78, 5) is 2.90. The topological polar surface area (TPSA) is 12.0 Å². The van der Waals surface area contributed by atoms with E-state index in [9.17, 15) is 0 Å². The van der Waals surface area contributed by atoms with Crippen LogP contribution in [0.3, 0.4) is 0 Å². The van der Waals surface area contributed by atoms with Gasteiger partial charge in [0.05, 0.1) is 0 Å². The molecule has 0 aliphatic carbocycles. The van der Waals surface area contributed by atoms with E-state index in [0.29, 0.717) is 5.41 Å². The number of aryl methyl sites for hydroxylation is 2. The Bertz CT molecular complexity index is 338. The molecular formula is C15H26BrNS. The van der Waals surface area contributed by atoms with Crippen molar-refractivity contribution in [3.63, 3.8) is 0 Å². The molecule has 18 heavy (non-hydrogen) atoms. The van der Waals surface area contributed by atoms with Crippen molar-refractivity contribution in [2.45, 2.75) is 53.4 Å². The number of thiophene rings is 1. The van der Waals surface area contributed by atoms with Gasteiger partial charge in [0.15, 0.2) is 0 Å². The van der Waals surface area contributed by atoms with Gasteiger partial charge < -0.3 is 5.32 Å². The highest BCUT2D eigenvalue weighted by molar-refractivity contribution is 9.10. The summed E-state index contributed by atoms with van der Waals surface area (Å²) in [5.74, 6) is 0. The molecule has 0 unspecified atom stereocenters. The van der Waals surface area contributed by atoms with Crippen molar-refractivity contribution in [2.24, 2.45) is 5.41 Å². The first kappa shape index (κ1) is 16.2. The molecule has 0 amide bonds. The molecule has 1 aromatic rings. The maximum Gasteiger partial charge on any atom is 0.0314 e. The van der Waals surface area contributed by atoms with Crippen LogP contribution in [0.4, 0.5) is 0 Å². The summed E-state index contributed by atoms with van der Waals surface area (Å²) in [5.41, 5.74) is 0.436. The van der Waals surface area contributed by atoms with E-state index in [2.05, 4.69) is 55.0 Å². The molecule has 104 valence electrons. The summed E-state index contributed by atoms with van der Waals surface area (Å²) < 4.78 is 1.27. The van der Waals surface area contributed by atoms with Crippen LogP contribution in [0.15, 0.2) is 10.5 Å². The van der Waals surface area contributed by atoms with Crippen molar-refractivity contribution < 1.29 is 0 Å². The van der Waals surface area contributed by atoms with Crippen LogP contribution in [0, 0.1) is 12.3 Å². The van der Waals surface area contributed by atoms with Gasteiger partial charge in [0.1, 0.15) is 0 Å². The van der Waals surface area contributed by atoms with Crippen LogP contribution in [-0.4, -0.2) is 13.1 Å². The second kappa shape index (κ2) is 7.66. The van der Waals surface area contributed by atoms with Gasteiger partial charge in [0.2, 0.25) is 0 Å². The summed E-state index contributed by atoms with van der Waals surface area (Å²) in [5, 5.41) is 3.50. The van der Waals surface area contributed by atoms with Crippen molar-refractivity contribution in [3.05, 3.63) is 20.3 Å². The lowest BCUT2D eigenvalue weighted by Gasteiger charge is -2.24. The Hall–Kier alpha value is 0.140. The molecule has 1 rings (SSSR count). The van der Waals surface area contributed by atoms with Gasteiger partial charge in [-0.15, -0.1) is 11.3 Å². The molecule has 0 bridgehead atoms. The predicted octanol–water partition coefficient (Wildman–Crippen LogP) is 5.17. The molecule has 0 atom stereocenters. The number of hydrogen-bond acceptors (Lipinski definition) is 2. The highest BCUT2D eigenvalue weighted by Gasteiger charge is 2.17. The molecule has 3 heteroatoms. The molecule has 0 saturated heterocycles. The maximum absolute atomic E-state index is 3.60. The van der Waals surface area contributed by atoms with Gasteiger partial charge in [-0.05, 0) is 73.1 Å². The molecule has 1 aromatic heterocycles. The monoisotopic (exact) mass is 331 g/mol. The molecule has 0 saturated carbocycles. The normalized spacial score (nSPS) is 12.1. The summed E-state index contributed by atoms with van der Waals surface area (Å²) in [6.45, 7) is 11.5. The van der Waals surface area contributed by atoms with E-state index < -0.39 is 0 Å². The van der Waals surface area contributed by atoms with Crippen LogP contribution >= 0.6 is 27.3 Å². The van der Waals surface area contributed by atoms with E-state index in [1.54, 1.807) is 0 Å². The molecule has 1 nitrogen and oxygen atoms in total. The molecule has 0 fully saturated rings. The Balaban J connectivity index is 2.31. The fourth-order valence-corrected chi connectivity index (χ4v) is 3.56. The minimum atomic E-state index is 0.436. The Morgan fingerprint density at radius 1 is 1.28 bits per heavy atom. The largest absolute Gasteiger partial charge is 0.317 e. The van der Waals surface area contributed by atoms with Crippen LogP contribution in [-0.2, 0) is 6.42 Å². The highest BCUT2D eigenvalue weighted by Crippen LogP contribution is 2.31. The first-order valence-electron chi connectivity index (χ1n) is 6.90. The van der Waals surface area contributed by atoms with Gasteiger partial charge in [-0.25, -0.2) is 0 Å². The number of halogens is 1. The van der Waals surface area contributed by atoms with Crippen molar-refractivity contribution in [3.8, 4) is 0 Å². The maximum atomic E-state index is 3.60. The molecule has 0 radical (unpaired) electrons. The zero-order valence-corrected chi connectivity index (χ0v) is 14.5. The average molecular weight is 332 g/mol. The minimum Gasteiger partial charge on any atom is -0.317 e. The summed E-state index contributed by atoms with van der Waals surface area (Å²) >= 11 is 5.52. The molecule has 0 aliphatic heterocycles. The van der Waals surface area contributed by atoms with E-state index >= 15 is 0 Å². The standard InChI is InChI=1S/C15H26BrNS/c1-5-9-17-10-8-15(3,4)7-6-13-11-14(16)12(2)18-13/h11,17H,5-10H2,1-4H3. The lowest BCUT2D eigenvalue weighted by atomic mass is 9.84. The SMILES string of the molecule is CCCNCCC(C)(C)CCc1cc(Br)c(C)s1. The Morgan fingerprint density at radius 3 is 2.56 bits per heavy atom. The summed E-state index contributed by atoms with van der Waals surface area (Å²) in [6, 6.07) is 2.28. The Labute approximate surface area is 125 Å². The van der Waals surface area contributed by atoms with Gasteiger partial charge in [0.25, 0.3) is 0 Å². The van der Waals surface area contributed by atoms with Crippen molar-refractivity contribution >= 4 is 27.3 Å². The molecule has 0 spiro atoms. The van der Waals surface area contributed by atoms with Crippen molar-refractivity contribution in [1.29, 1.82) is 0 Å². The van der Waals surface area contributed by atoms with Crippen molar-refractivity contribution in [2.75, 3.05) is 13.1 Å². The van der Waals surface area contributed by atoms with Crippen LogP contribution in [0.1, 0.15) is 49.8 Å². The number of rotatable bonds is 8. The quantitative estimate of drug-likeness (QED) is 0.648. The fraction of sp³-hybridized carbons (Fsp3) is 0.733. The molecule has 1 heterocycles. The van der Waals surface area contributed by atoms with Crippen molar-refractivity contribution in [1.82, 2.24) is 5.32 Å². The third-order valence-electron chi connectivity index (χ3n) is 3.36. The van der Waals surface area contributed by atoms with Crippen LogP contribution < -0.4 is 5.32 Å². The predicted molar refractivity (Wildman–Crippen MR) is 86.6 cm³/mol. The third kappa shape index (κ3) is 5.85. The second-order valence-corrected chi connectivity index (χ2v) is 7.98. The van der Waals surface area contributed by atoms with E-state index in [1.807, 2.05) is 11.3 Å². The molecule has 1 N–H and O–H groups in total.